The van der Waals surface area contributed by atoms with Crippen LogP contribution in [0.3, 0.4) is 0 Å². The van der Waals surface area contributed by atoms with E-state index in [1.165, 1.54) is 12.5 Å². The minimum absolute atomic E-state index is 0.0342. The third-order valence-electron chi connectivity index (χ3n) is 13.4. The molecule has 1 saturated heterocycles. The molecule has 5 N–H and O–H groups in total. The van der Waals surface area contributed by atoms with Crippen LogP contribution in [0.4, 0.5) is 5.82 Å². The van der Waals surface area contributed by atoms with Crippen LogP contribution in [0.2, 0.25) is 5.02 Å². The average molecular weight is 938 g/mol. The lowest BCUT2D eigenvalue weighted by atomic mass is 9.74. The van der Waals surface area contributed by atoms with Crippen molar-refractivity contribution in [2.24, 2.45) is 0 Å². The predicted octanol–water partition coefficient (Wildman–Crippen LogP) is 10.9. The van der Waals surface area contributed by atoms with Crippen LogP contribution >= 0.6 is 11.6 Å². The summed E-state index contributed by atoms with van der Waals surface area (Å²) in [7, 11) is 0. The highest BCUT2D eigenvalue weighted by molar-refractivity contribution is 6.34. The minimum atomic E-state index is -0.993. The molecule has 4 heterocycles. The van der Waals surface area contributed by atoms with Gasteiger partial charge < -0.3 is 35.5 Å². The first-order chi connectivity index (χ1) is 33.2. The molecular weight excluding hydrogens is 880 g/mol. The molecule has 14 nitrogen and oxygen atoms in total. The smallest absolute Gasteiger partial charge is 0.337 e. The second-order valence-corrected chi connectivity index (χ2v) is 18.4. The highest BCUT2D eigenvalue weighted by atomic mass is 35.5. The Morgan fingerprint density at radius 1 is 0.868 bits per heavy atom. The number of carboxylic acids is 1. The molecule has 15 heteroatoms. The van der Waals surface area contributed by atoms with Crippen LogP contribution in [0, 0.1) is 0 Å². The number of aromatic carboxylic acids is 1. The summed E-state index contributed by atoms with van der Waals surface area (Å²) in [4.78, 5) is 51.6. The first kappa shape index (κ1) is 46.3. The third-order valence-corrected chi connectivity index (χ3v) is 13.8. The second kappa shape index (κ2) is 21.0. The summed E-state index contributed by atoms with van der Waals surface area (Å²) >= 11 is 6.61. The number of para-hydroxylation sites is 1. The lowest BCUT2D eigenvalue weighted by Gasteiger charge is -2.42. The summed E-state index contributed by atoms with van der Waals surface area (Å²) in [6.45, 7) is 2.17. The summed E-state index contributed by atoms with van der Waals surface area (Å²) in [6, 6.07) is 29.1. The summed E-state index contributed by atoms with van der Waals surface area (Å²) < 4.78 is 14.4. The van der Waals surface area contributed by atoms with Crippen molar-refractivity contribution >= 4 is 57.1 Å². The van der Waals surface area contributed by atoms with Crippen molar-refractivity contribution < 1.29 is 29.0 Å². The van der Waals surface area contributed by atoms with Crippen molar-refractivity contribution in [2.75, 3.05) is 32.0 Å². The summed E-state index contributed by atoms with van der Waals surface area (Å²) in [5.41, 5.74) is 11.9. The number of carbonyl (C=O) groups is 3. The number of carbonyl (C=O) groups excluding carboxylic acids is 2. The zero-order chi connectivity index (χ0) is 47.0. The van der Waals surface area contributed by atoms with E-state index in [1.54, 1.807) is 6.07 Å². The number of ether oxygens (including phenoxy) is 2. The van der Waals surface area contributed by atoms with Crippen LogP contribution in [0.15, 0.2) is 104 Å². The van der Waals surface area contributed by atoms with Gasteiger partial charge in [-0.05, 0) is 105 Å². The topological polar surface area (TPSA) is 191 Å². The number of rotatable bonds is 20. The Labute approximate surface area is 400 Å². The molecule has 0 unspecified atom stereocenters. The molecule has 0 spiro atoms. The molecule has 2 fully saturated rings. The maximum atomic E-state index is 13.4. The van der Waals surface area contributed by atoms with Gasteiger partial charge in [0.05, 0.1) is 34.2 Å². The highest BCUT2D eigenvalue weighted by Gasteiger charge is 2.40. The zero-order valence-electron chi connectivity index (χ0n) is 38.1. The molecule has 68 heavy (non-hydrogen) atoms. The highest BCUT2D eigenvalue weighted by Crippen LogP contribution is 2.45. The normalized spacial score (nSPS) is 15.6. The Morgan fingerprint density at radius 2 is 1.59 bits per heavy atom. The van der Waals surface area contributed by atoms with Crippen molar-refractivity contribution in [3.8, 4) is 33.9 Å². The molecular formula is C53H57ClN8O6. The molecule has 4 aromatic carbocycles. The molecule has 1 atom stereocenters. The van der Waals surface area contributed by atoms with Gasteiger partial charge in [-0.15, -0.1) is 0 Å². The van der Waals surface area contributed by atoms with Crippen LogP contribution in [0.1, 0.15) is 105 Å². The lowest BCUT2D eigenvalue weighted by Crippen LogP contribution is -2.40. The number of carboxylic acid groups (broad SMARTS) is 1. The molecule has 0 bridgehead atoms. The molecule has 3 aromatic heterocycles. The molecule has 1 aliphatic carbocycles. The predicted molar refractivity (Wildman–Crippen MR) is 264 cm³/mol. The number of nitrogens with zero attached hydrogens (tertiary/aromatic N) is 5. The fourth-order valence-electron chi connectivity index (χ4n) is 9.60. The van der Waals surface area contributed by atoms with E-state index in [2.05, 4.69) is 32.4 Å². The number of aromatic amines is 1. The van der Waals surface area contributed by atoms with E-state index in [9.17, 15) is 19.5 Å². The molecule has 0 radical (unpaired) electrons. The number of benzene rings is 4. The number of halogens is 1. The number of nitrogen functional groups attached to an aromatic ring is 1. The fourth-order valence-corrected chi connectivity index (χ4v) is 9.87. The molecule has 1 saturated carbocycles. The standard InChI is InChI=1S/C53H57ClN8O6/c54-44-31-45-42(43(32-57-45)52(65)66)30-41(44)35-17-21-37(22-18-35)53(25-11-26-53)67-29-27-56-46(63)15-8-3-1-2-4-9-16-47(64)61-28-10-12-38(33-61)62-51-48(50(55)58-34-59-51)49(60-62)36-19-23-40(24-20-36)68-39-13-6-5-7-14-39/h5-7,13-14,17-24,30-32,34,38,57H,1-4,8-12,15-16,25-29,33H2,(H,56,63)(H,65,66)(H2,55,58,59)/t38-/m1/s1. The number of hydrogen-bond acceptors (Lipinski definition) is 9. The van der Waals surface area contributed by atoms with Crippen molar-refractivity contribution in [3.05, 3.63) is 120 Å². The average Bonchev–Trinajstić information content (AvgIpc) is 3.95. The second-order valence-electron chi connectivity index (χ2n) is 18.0. The van der Waals surface area contributed by atoms with Crippen LogP contribution < -0.4 is 15.8 Å². The largest absolute Gasteiger partial charge is 0.478 e. The van der Waals surface area contributed by atoms with Gasteiger partial charge in [-0.1, -0.05) is 79.7 Å². The minimum Gasteiger partial charge on any atom is -0.478 e. The van der Waals surface area contributed by atoms with Crippen LogP contribution in [0.25, 0.3) is 44.3 Å². The van der Waals surface area contributed by atoms with E-state index in [1.807, 2.05) is 82.4 Å². The van der Waals surface area contributed by atoms with E-state index in [4.69, 9.17) is 31.9 Å². The lowest BCUT2D eigenvalue weighted by molar-refractivity contribution is -0.133. The maximum Gasteiger partial charge on any atom is 0.337 e. The van der Waals surface area contributed by atoms with Crippen LogP contribution in [0.5, 0.6) is 11.5 Å². The van der Waals surface area contributed by atoms with Gasteiger partial charge in [0.2, 0.25) is 11.8 Å². The van der Waals surface area contributed by atoms with Crippen molar-refractivity contribution in [2.45, 2.75) is 95.1 Å². The van der Waals surface area contributed by atoms with Crippen molar-refractivity contribution in [1.29, 1.82) is 0 Å². The SMILES string of the molecule is Nc1ncnc2c1c(-c1ccc(Oc3ccccc3)cc1)nn2[C@@H]1CCCN(C(=O)CCCCCCCCC(=O)NCCOC2(c3ccc(-c4cc5c(C(=O)O)c[nH]c5cc4Cl)cc3)CCC2)C1. The number of unbranched alkanes of at least 4 members (excludes halogenated alkanes) is 5. The summed E-state index contributed by atoms with van der Waals surface area (Å²) in [5.74, 6) is 1.05. The number of aromatic nitrogens is 5. The number of nitrogens with two attached hydrogens (primary N) is 1. The Bertz CT molecular complexity index is 2880. The number of likely N-dealkylation sites (tertiary alicyclic amines) is 1. The summed E-state index contributed by atoms with van der Waals surface area (Å²) in [6.07, 6.45) is 14.2. The van der Waals surface area contributed by atoms with Crippen LogP contribution in [-0.4, -0.2) is 78.8 Å². The van der Waals surface area contributed by atoms with Crippen LogP contribution in [-0.2, 0) is 19.9 Å². The van der Waals surface area contributed by atoms with Gasteiger partial charge in [0.1, 0.15) is 29.3 Å². The number of anilines is 1. The van der Waals surface area contributed by atoms with E-state index < -0.39 is 5.97 Å². The third kappa shape index (κ3) is 10.4. The van der Waals surface area contributed by atoms with Crippen molar-refractivity contribution in [1.82, 2.24) is 34.9 Å². The summed E-state index contributed by atoms with van der Waals surface area (Å²) in [5, 5.41) is 19.5. The van der Waals surface area contributed by atoms with E-state index in [0.717, 1.165) is 105 Å². The van der Waals surface area contributed by atoms with Gasteiger partial charge in [0.15, 0.2) is 5.65 Å². The van der Waals surface area contributed by atoms with Gasteiger partial charge in [0.25, 0.3) is 0 Å². The molecule has 1 aliphatic heterocycles. The zero-order valence-corrected chi connectivity index (χ0v) is 38.8. The Kier molecular flexibility index (Phi) is 14.3. The number of fused-ring (bicyclic) bond motifs is 2. The van der Waals surface area contributed by atoms with Gasteiger partial charge in [-0.2, -0.15) is 5.10 Å². The maximum absolute atomic E-state index is 13.4. The Morgan fingerprint density at radius 3 is 2.32 bits per heavy atom. The van der Waals surface area contributed by atoms with Gasteiger partial charge in [-0.25, -0.2) is 19.4 Å². The first-order valence-corrected chi connectivity index (χ1v) is 24.2. The number of nitrogens with one attached hydrogen (secondary N) is 2. The van der Waals surface area contributed by atoms with E-state index in [-0.39, 0.29) is 29.0 Å². The van der Waals surface area contributed by atoms with Gasteiger partial charge >= 0.3 is 5.97 Å². The molecule has 9 rings (SSSR count). The number of amides is 2. The number of H-pyrrole nitrogens is 1. The van der Waals surface area contributed by atoms with E-state index >= 15 is 0 Å². The monoisotopic (exact) mass is 936 g/mol. The molecule has 2 aliphatic rings. The number of piperidine rings is 1. The van der Waals surface area contributed by atoms with Gasteiger partial charge in [0, 0.05) is 60.7 Å². The molecule has 7 aromatic rings. The fraction of sp³-hybridized carbons (Fsp3) is 0.358. The Balaban J connectivity index is 0.668. The van der Waals surface area contributed by atoms with Gasteiger partial charge in [-0.3, -0.25) is 9.59 Å². The number of hydrogen-bond donors (Lipinski definition) is 4. The van der Waals surface area contributed by atoms with Crippen molar-refractivity contribution in [3.63, 3.8) is 0 Å². The molecule has 352 valence electrons. The Hall–Kier alpha value is -6.77. The first-order valence-electron chi connectivity index (χ1n) is 23.8. The quantitative estimate of drug-likeness (QED) is 0.0535. The molecule has 2 amide bonds. The van der Waals surface area contributed by atoms with E-state index in [0.29, 0.717) is 76.8 Å².